The molecular weight excluding hydrogens is 324 g/mol. The molecule has 0 N–H and O–H groups in total. The van der Waals surface area contributed by atoms with E-state index in [4.69, 9.17) is 11.6 Å². The quantitative estimate of drug-likeness (QED) is 0.490. The summed E-state index contributed by atoms with van der Waals surface area (Å²) in [5.74, 6) is 0. The summed E-state index contributed by atoms with van der Waals surface area (Å²) in [6.07, 6.45) is 6.34. The fraction of sp³-hybridized carbons (Fsp3) is 0.200. The molecule has 0 aliphatic rings. The molecule has 3 nitrogen and oxygen atoms in total. The van der Waals surface area contributed by atoms with Gasteiger partial charge in [-0.05, 0) is 29.0 Å². The molecule has 2 aromatic heterocycles. The molecule has 0 spiro atoms. The van der Waals surface area contributed by atoms with Crippen LogP contribution in [0.5, 0.6) is 0 Å². The van der Waals surface area contributed by atoms with Crippen molar-refractivity contribution in [2.24, 2.45) is 0 Å². The van der Waals surface area contributed by atoms with Crippen molar-refractivity contribution >= 4 is 45.2 Å². The molecule has 0 saturated carbocycles. The van der Waals surface area contributed by atoms with E-state index in [2.05, 4.69) is 43.7 Å². The van der Waals surface area contributed by atoms with Gasteiger partial charge in [0.25, 0.3) is 0 Å². The van der Waals surface area contributed by atoms with Crippen LogP contribution in [0.2, 0.25) is 5.15 Å². The van der Waals surface area contributed by atoms with Crippen molar-refractivity contribution in [2.45, 2.75) is 13.0 Å². The number of fused-ring (bicyclic) bond motifs is 1. The molecule has 0 aliphatic heterocycles. The van der Waals surface area contributed by atoms with Crippen molar-refractivity contribution in [1.29, 1.82) is 0 Å². The highest BCUT2D eigenvalue weighted by Crippen LogP contribution is 2.26. The molecule has 0 radical (unpaired) electrons. The van der Waals surface area contributed by atoms with E-state index in [1.54, 1.807) is 0 Å². The van der Waals surface area contributed by atoms with Crippen molar-refractivity contribution in [2.75, 3.05) is 0 Å². The molecule has 0 unspecified atom stereocenters. The molecule has 0 atom stereocenters. The smallest absolute Gasteiger partial charge is 0.145 e. The van der Waals surface area contributed by atoms with Gasteiger partial charge in [0.2, 0.25) is 0 Å². The molecule has 0 bridgehead atoms. The Morgan fingerprint density at radius 1 is 1.53 bits per heavy atom. The molecule has 78 valence electrons. The van der Waals surface area contributed by atoms with E-state index in [0.717, 1.165) is 27.6 Å². The number of aryl methyl sites for hydroxylation is 1. The number of nitrogens with zero attached hydrogens (tertiary/aromatic N) is 3. The molecule has 5 heteroatoms. The molecule has 2 heterocycles. The van der Waals surface area contributed by atoms with Crippen LogP contribution in [0.25, 0.3) is 11.0 Å². The second kappa shape index (κ2) is 4.49. The zero-order valence-corrected chi connectivity index (χ0v) is 10.9. The summed E-state index contributed by atoms with van der Waals surface area (Å²) in [5, 5.41) is 1.45. The Morgan fingerprint density at radius 3 is 3.07 bits per heavy atom. The van der Waals surface area contributed by atoms with Gasteiger partial charge in [-0.25, -0.2) is 9.97 Å². The Labute approximate surface area is 106 Å². The third-order valence-electron chi connectivity index (χ3n) is 2.14. The first-order valence-electron chi connectivity index (χ1n) is 4.49. The molecule has 0 aliphatic carbocycles. The van der Waals surface area contributed by atoms with E-state index >= 15 is 0 Å². The summed E-state index contributed by atoms with van der Waals surface area (Å²) in [7, 11) is 0. The molecule has 0 amide bonds. The Bertz CT molecular complexity index is 507. The summed E-state index contributed by atoms with van der Waals surface area (Å²) in [4.78, 5) is 8.22. The van der Waals surface area contributed by atoms with Gasteiger partial charge in [0.15, 0.2) is 0 Å². The highest BCUT2D eigenvalue weighted by molar-refractivity contribution is 14.1. The topological polar surface area (TPSA) is 30.7 Å². The number of halogens is 2. The Balaban J connectivity index is 2.57. The Hall–Kier alpha value is -0.620. The summed E-state index contributed by atoms with van der Waals surface area (Å²) in [6, 6.07) is 0. The maximum Gasteiger partial charge on any atom is 0.145 e. The van der Waals surface area contributed by atoms with Crippen molar-refractivity contribution in [3.05, 3.63) is 33.9 Å². The van der Waals surface area contributed by atoms with Crippen LogP contribution in [0.4, 0.5) is 0 Å². The number of hydrogen-bond acceptors (Lipinski definition) is 2. The van der Waals surface area contributed by atoms with E-state index in [1.807, 2.05) is 12.3 Å². The minimum Gasteiger partial charge on any atom is -0.331 e. The summed E-state index contributed by atoms with van der Waals surface area (Å²) >= 11 is 8.27. The van der Waals surface area contributed by atoms with Crippen molar-refractivity contribution in [3.8, 4) is 0 Å². The average Bonchev–Trinajstić information content (AvgIpc) is 2.54. The highest BCUT2D eigenvalue weighted by atomic mass is 127. The lowest BCUT2D eigenvalue weighted by molar-refractivity contribution is 0.730. The second-order valence-corrected chi connectivity index (χ2v) is 4.63. The maximum atomic E-state index is 6.02. The van der Waals surface area contributed by atoms with E-state index in [-0.39, 0.29) is 0 Å². The lowest BCUT2D eigenvalue weighted by Crippen LogP contribution is -1.96. The SMILES string of the molecule is C=CCCn1cc(I)c2c(Cl)ncnc21. The zero-order chi connectivity index (χ0) is 10.8. The van der Waals surface area contributed by atoms with Gasteiger partial charge < -0.3 is 4.57 Å². The van der Waals surface area contributed by atoms with Gasteiger partial charge in [0.05, 0.1) is 5.39 Å². The standard InChI is InChI=1S/C10H9ClIN3/c1-2-3-4-15-5-7(12)8-9(11)13-6-14-10(8)15/h2,5-6H,1,3-4H2. The van der Waals surface area contributed by atoms with Crippen LogP contribution in [0, 0.1) is 3.57 Å². The van der Waals surface area contributed by atoms with Gasteiger partial charge in [0.1, 0.15) is 17.1 Å². The first-order valence-corrected chi connectivity index (χ1v) is 5.95. The first kappa shape index (κ1) is 10.9. The molecule has 0 fully saturated rings. The van der Waals surface area contributed by atoms with Crippen molar-refractivity contribution in [1.82, 2.24) is 14.5 Å². The number of rotatable bonds is 3. The second-order valence-electron chi connectivity index (χ2n) is 3.11. The van der Waals surface area contributed by atoms with E-state index in [0.29, 0.717) is 5.15 Å². The van der Waals surface area contributed by atoms with Gasteiger partial charge in [-0.2, -0.15) is 0 Å². The predicted molar refractivity (Wildman–Crippen MR) is 70.1 cm³/mol. The van der Waals surface area contributed by atoms with Gasteiger partial charge in [-0.1, -0.05) is 17.7 Å². The third-order valence-corrected chi connectivity index (χ3v) is 3.24. The van der Waals surface area contributed by atoms with E-state index in [9.17, 15) is 0 Å². The average molecular weight is 334 g/mol. The van der Waals surface area contributed by atoms with Gasteiger partial charge in [-0.15, -0.1) is 6.58 Å². The van der Waals surface area contributed by atoms with E-state index < -0.39 is 0 Å². The van der Waals surface area contributed by atoms with Gasteiger partial charge >= 0.3 is 0 Å². The third kappa shape index (κ3) is 2.01. The molecule has 15 heavy (non-hydrogen) atoms. The number of hydrogen-bond donors (Lipinski definition) is 0. The maximum absolute atomic E-state index is 6.02. The molecule has 0 aromatic carbocycles. The summed E-state index contributed by atoms with van der Waals surface area (Å²) < 4.78 is 3.16. The van der Waals surface area contributed by atoms with Crippen LogP contribution >= 0.6 is 34.2 Å². The van der Waals surface area contributed by atoms with Crippen LogP contribution in [-0.4, -0.2) is 14.5 Å². The largest absolute Gasteiger partial charge is 0.331 e. The molecule has 2 aromatic rings. The molecular formula is C10H9ClIN3. The molecule has 0 saturated heterocycles. The highest BCUT2D eigenvalue weighted by Gasteiger charge is 2.10. The number of allylic oxidation sites excluding steroid dienone is 1. The summed E-state index contributed by atoms with van der Waals surface area (Å²) in [5.41, 5.74) is 0.890. The van der Waals surface area contributed by atoms with E-state index in [1.165, 1.54) is 6.33 Å². The fourth-order valence-electron chi connectivity index (χ4n) is 1.44. The zero-order valence-electron chi connectivity index (χ0n) is 7.95. The fourth-order valence-corrected chi connectivity index (χ4v) is 2.66. The minimum absolute atomic E-state index is 0.516. The number of aromatic nitrogens is 3. The minimum atomic E-state index is 0.516. The Morgan fingerprint density at radius 2 is 2.33 bits per heavy atom. The Kier molecular flexibility index (Phi) is 3.25. The predicted octanol–water partition coefficient (Wildman–Crippen LogP) is 3.27. The van der Waals surface area contributed by atoms with Crippen LogP contribution in [0.3, 0.4) is 0 Å². The lowest BCUT2D eigenvalue weighted by atomic mass is 10.4. The normalized spacial score (nSPS) is 10.8. The van der Waals surface area contributed by atoms with Gasteiger partial charge in [0, 0.05) is 16.3 Å². The monoisotopic (exact) mass is 333 g/mol. The molecule has 2 rings (SSSR count). The van der Waals surface area contributed by atoms with Gasteiger partial charge in [-0.3, -0.25) is 0 Å². The van der Waals surface area contributed by atoms with Crippen LogP contribution < -0.4 is 0 Å². The van der Waals surface area contributed by atoms with Crippen molar-refractivity contribution < 1.29 is 0 Å². The van der Waals surface area contributed by atoms with Crippen LogP contribution in [0.1, 0.15) is 6.42 Å². The lowest BCUT2D eigenvalue weighted by Gasteiger charge is -2.00. The summed E-state index contributed by atoms with van der Waals surface area (Å²) in [6.45, 7) is 4.58. The van der Waals surface area contributed by atoms with Crippen LogP contribution in [0.15, 0.2) is 25.2 Å². The first-order chi connectivity index (χ1) is 7.24. The van der Waals surface area contributed by atoms with Crippen LogP contribution in [-0.2, 0) is 6.54 Å². The van der Waals surface area contributed by atoms with Crippen molar-refractivity contribution in [3.63, 3.8) is 0 Å².